The van der Waals surface area contributed by atoms with Crippen LogP contribution in [0.4, 0.5) is 5.69 Å². The zero-order chi connectivity index (χ0) is 13.6. The van der Waals surface area contributed by atoms with E-state index in [0.717, 1.165) is 5.56 Å². The summed E-state index contributed by atoms with van der Waals surface area (Å²) < 4.78 is 5.39. The summed E-state index contributed by atoms with van der Waals surface area (Å²) in [5, 5.41) is 0. The number of hydrogen-bond acceptors (Lipinski definition) is 4. The highest BCUT2D eigenvalue weighted by Crippen LogP contribution is 2.32. The van der Waals surface area contributed by atoms with Crippen LogP contribution in [0.3, 0.4) is 0 Å². The van der Waals surface area contributed by atoms with Gasteiger partial charge in [0.25, 0.3) is 11.8 Å². The average Bonchev–Trinajstić information content (AvgIpc) is 2.84. The van der Waals surface area contributed by atoms with Crippen LogP contribution < -0.4 is 10.6 Å². The Labute approximate surface area is 111 Å². The Morgan fingerprint density at radius 2 is 1.89 bits per heavy atom. The van der Waals surface area contributed by atoms with Gasteiger partial charge in [-0.05, 0) is 37.5 Å². The molecule has 0 saturated carbocycles. The molecule has 2 bridgehead atoms. The Morgan fingerprint density at radius 3 is 2.47 bits per heavy atom. The minimum Gasteiger partial charge on any atom is -0.355 e. The van der Waals surface area contributed by atoms with E-state index in [2.05, 4.69) is 0 Å². The molecule has 3 atom stereocenters. The van der Waals surface area contributed by atoms with Crippen molar-refractivity contribution in [3.05, 3.63) is 29.8 Å². The fraction of sp³-hybridized carbons (Fsp3) is 0.429. The second kappa shape index (κ2) is 4.43. The zero-order valence-electron chi connectivity index (χ0n) is 10.7. The molecule has 3 unspecified atom stereocenters. The summed E-state index contributed by atoms with van der Waals surface area (Å²) in [6, 6.07) is 7.12. The summed E-state index contributed by atoms with van der Waals surface area (Å²) in [5.74, 6) is -0.527. The van der Waals surface area contributed by atoms with Crippen molar-refractivity contribution in [2.75, 3.05) is 4.90 Å². The first-order valence-electron chi connectivity index (χ1n) is 6.47. The average molecular weight is 260 g/mol. The molecule has 0 aromatic heterocycles. The number of morpholine rings is 1. The first-order chi connectivity index (χ1) is 9.08. The molecule has 1 aromatic rings. The maximum absolute atomic E-state index is 12.2. The quantitative estimate of drug-likeness (QED) is 0.809. The maximum atomic E-state index is 12.2. The highest BCUT2D eigenvalue weighted by atomic mass is 16.5. The first kappa shape index (κ1) is 12.3. The van der Waals surface area contributed by atoms with Crippen LogP contribution in [0.1, 0.15) is 31.4 Å². The Balaban J connectivity index is 1.99. The molecule has 2 heterocycles. The van der Waals surface area contributed by atoms with E-state index in [9.17, 15) is 9.59 Å². The monoisotopic (exact) mass is 260 g/mol. The molecule has 2 saturated heterocycles. The van der Waals surface area contributed by atoms with E-state index in [1.165, 1.54) is 4.90 Å². The van der Waals surface area contributed by atoms with Gasteiger partial charge in [0.1, 0.15) is 12.2 Å². The number of rotatable bonds is 2. The van der Waals surface area contributed by atoms with Gasteiger partial charge in [0.05, 0.1) is 5.69 Å². The number of amides is 2. The number of carbonyl (C=O) groups excluding carboxylic acids is 2. The number of nitrogens with two attached hydrogens (primary N) is 1. The molecule has 0 radical (unpaired) electrons. The van der Waals surface area contributed by atoms with Gasteiger partial charge in [-0.1, -0.05) is 12.1 Å². The van der Waals surface area contributed by atoms with E-state index in [4.69, 9.17) is 10.5 Å². The van der Waals surface area contributed by atoms with Gasteiger partial charge >= 0.3 is 0 Å². The van der Waals surface area contributed by atoms with Crippen LogP contribution in [-0.2, 0) is 14.3 Å². The highest BCUT2D eigenvalue weighted by Gasteiger charge is 2.47. The lowest BCUT2D eigenvalue weighted by Crippen LogP contribution is -2.52. The minimum absolute atomic E-state index is 0.136. The number of fused-ring (bicyclic) bond motifs is 2. The molecule has 19 heavy (non-hydrogen) atoms. The SMILES string of the molecule is CC(N)c1cccc(N2C(=O)C3CCC(O3)C2=O)c1. The van der Waals surface area contributed by atoms with Crippen molar-refractivity contribution < 1.29 is 14.3 Å². The van der Waals surface area contributed by atoms with Gasteiger partial charge in [0, 0.05) is 6.04 Å². The largest absolute Gasteiger partial charge is 0.355 e. The van der Waals surface area contributed by atoms with Gasteiger partial charge in [0.15, 0.2) is 0 Å². The van der Waals surface area contributed by atoms with E-state index in [1.54, 1.807) is 12.1 Å². The van der Waals surface area contributed by atoms with Crippen LogP contribution in [0, 0.1) is 0 Å². The van der Waals surface area contributed by atoms with Gasteiger partial charge in [-0.25, -0.2) is 4.90 Å². The highest BCUT2D eigenvalue weighted by molar-refractivity contribution is 6.19. The third kappa shape index (κ3) is 1.95. The Kier molecular flexibility index (Phi) is 2.88. The van der Waals surface area contributed by atoms with Crippen molar-refractivity contribution in [3.63, 3.8) is 0 Å². The summed E-state index contributed by atoms with van der Waals surface area (Å²) in [6.45, 7) is 1.87. The van der Waals surface area contributed by atoms with E-state index in [0.29, 0.717) is 18.5 Å². The molecular formula is C14H16N2O3. The van der Waals surface area contributed by atoms with Crippen LogP contribution in [-0.4, -0.2) is 24.0 Å². The van der Waals surface area contributed by atoms with Crippen molar-refractivity contribution in [1.82, 2.24) is 0 Å². The molecule has 5 nitrogen and oxygen atoms in total. The summed E-state index contributed by atoms with van der Waals surface area (Å²) in [5.41, 5.74) is 7.32. The summed E-state index contributed by atoms with van der Waals surface area (Å²) in [7, 11) is 0. The van der Waals surface area contributed by atoms with Crippen LogP contribution in [0.15, 0.2) is 24.3 Å². The van der Waals surface area contributed by atoms with Crippen molar-refractivity contribution in [1.29, 1.82) is 0 Å². The molecule has 0 spiro atoms. The lowest BCUT2D eigenvalue weighted by atomic mass is 10.1. The predicted octanol–water partition coefficient (Wildman–Crippen LogP) is 1.13. The molecule has 5 heteroatoms. The Bertz CT molecular complexity index is 519. The Morgan fingerprint density at radius 1 is 1.26 bits per heavy atom. The molecule has 2 aliphatic heterocycles. The first-order valence-corrected chi connectivity index (χ1v) is 6.47. The van der Waals surface area contributed by atoms with Gasteiger partial charge in [-0.15, -0.1) is 0 Å². The normalized spacial score (nSPS) is 27.8. The Hall–Kier alpha value is -1.72. The number of hydrogen-bond donors (Lipinski definition) is 1. The zero-order valence-corrected chi connectivity index (χ0v) is 10.7. The van der Waals surface area contributed by atoms with Crippen LogP contribution in [0.2, 0.25) is 0 Å². The number of anilines is 1. The van der Waals surface area contributed by atoms with Gasteiger partial charge in [0.2, 0.25) is 0 Å². The van der Waals surface area contributed by atoms with E-state index in [-0.39, 0.29) is 17.9 Å². The molecular weight excluding hydrogens is 244 g/mol. The maximum Gasteiger partial charge on any atom is 0.262 e. The predicted molar refractivity (Wildman–Crippen MR) is 69.4 cm³/mol. The molecule has 2 amide bonds. The third-order valence-electron chi connectivity index (χ3n) is 3.67. The van der Waals surface area contributed by atoms with Crippen molar-refractivity contribution in [2.24, 2.45) is 5.73 Å². The lowest BCUT2D eigenvalue weighted by Gasteiger charge is -2.30. The second-order valence-corrected chi connectivity index (χ2v) is 5.09. The standard InChI is InChI=1S/C14H16N2O3/c1-8(15)9-3-2-4-10(7-9)16-13(17)11-5-6-12(19-11)14(16)18/h2-4,7-8,11-12H,5-6,15H2,1H3. The van der Waals surface area contributed by atoms with E-state index >= 15 is 0 Å². The molecule has 3 rings (SSSR count). The minimum atomic E-state index is -0.471. The van der Waals surface area contributed by atoms with Crippen molar-refractivity contribution in [2.45, 2.75) is 38.0 Å². The molecule has 2 aliphatic rings. The van der Waals surface area contributed by atoms with E-state index < -0.39 is 12.2 Å². The molecule has 1 aromatic carbocycles. The topological polar surface area (TPSA) is 72.6 Å². The van der Waals surface area contributed by atoms with Gasteiger partial charge in [-0.3, -0.25) is 9.59 Å². The van der Waals surface area contributed by atoms with Crippen LogP contribution in [0.25, 0.3) is 0 Å². The summed E-state index contributed by atoms with van der Waals surface area (Å²) in [6.07, 6.45) is 0.306. The number of ether oxygens (including phenoxy) is 1. The summed E-state index contributed by atoms with van der Waals surface area (Å²) >= 11 is 0. The number of imide groups is 1. The smallest absolute Gasteiger partial charge is 0.262 e. The number of nitrogens with zero attached hydrogens (tertiary/aromatic N) is 1. The lowest BCUT2D eigenvalue weighted by molar-refractivity contribution is -0.146. The number of benzene rings is 1. The van der Waals surface area contributed by atoms with E-state index in [1.807, 2.05) is 19.1 Å². The molecule has 100 valence electrons. The summed E-state index contributed by atoms with van der Waals surface area (Å²) in [4.78, 5) is 25.7. The van der Waals surface area contributed by atoms with Gasteiger partial charge in [-0.2, -0.15) is 0 Å². The fourth-order valence-corrected chi connectivity index (χ4v) is 2.60. The molecule has 2 N–H and O–H groups in total. The van der Waals surface area contributed by atoms with Crippen LogP contribution in [0.5, 0.6) is 0 Å². The third-order valence-corrected chi connectivity index (χ3v) is 3.67. The van der Waals surface area contributed by atoms with Crippen molar-refractivity contribution in [3.8, 4) is 0 Å². The van der Waals surface area contributed by atoms with Gasteiger partial charge < -0.3 is 10.5 Å². The molecule has 0 aliphatic carbocycles. The fourth-order valence-electron chi connectivity index (χ4n) is 2.60. The second-order valence-electron chi connectivity index (χ2n) is 5.09. The van der Waals surface area contributed by atoms with Crippen LogP contribution >= 0.6 is 0 Å². The van der Waals surface area contributed by atoms with Crippen molar-refractivity contribution >= 4 is 17.5 Å². The molecule has 2 fully saturated rings. The number of carbonyl (C=O) groups is 2.